The topological polar surface area (TPSA) is 92.4 Å². The summed E-state index contributed by atoms with van der Waals surface area (Å²) in [5.74, 6) is -2.39. The van der Waals surface area contributed by atoms with Crippen molar-refractivity contribution < 1.29 is 14.7 Å². The highest BCUT2D eigenvalue weighted by atomic mass is 35.5. The van der Waals surface area contributed by atoms with E-state index < -0.39 is 23.8 Å². The van der Waals surface area contributed by atoms with Crippen LogP contribution >= 0.6 is 23.2 Å². The number of nitrogens with two attached hydrogens (primary N) is 1. The number of carbonyl (C=O) groups is 2. The molecule has 0 fully saturated rings. The van der Waals surface area contributed by atoms with Gasteiger partial charge in [-0.2, -0.15) is 0 Å². The Balaban J connectivity index is 2.54. The van der Waals surface area contributed by atoms with Crippen LogP contribution in [0.1, 0.15) is 17.9 Å². The number of hydrogen-bond acceptors (Lipinski definition) is 3. The molecule has 0 saturated carbocycles. The molecule has 1 heterocycles. The minimum atomic E-state index is -1.05. The summed E-state index contributed by atoms with van der Waals surface area (Å²) in [6.45, 7) is 0. The van der Waals surface area contributed by atoms with Gasteiger partial charge in [0.2, 0.25) is 5.91 Å². The maximum absolute atomic E-state index is 11.4. The van der Waals surface area contributed by atoms with E-state index >= 15 is 0 Å². The number of benzene rings is 1. The minimum absolute atomic E-state index is 0.0685. The number of anilines is 1. The third-order valence-corrected chi connectivity index (χ3v) is 3.42. The van der Waals surface area contributed by atoms with Crippen molar-refractivity contribution in [3.8, 4) is 0 Å². The fourth-order valence-corrected chi connectivity index (χ4v) is 2.70. The predicted molar refractivity (Wildman–Crippen MR) is 68.1 cm³/mol. The van der Waals surface area contributed by atoms with E-state index in [1.54, 1.807) is 0 Å². The maximum atomic E-state index is 11.4. The first-order valence-electron chi connectivity index (χ1n) is 5.17. The number of fused-ring (bicyclic) bond motifs is 1. The summed E-state index contributed by atoms with van der Waals surface area (Å²) < 4.78 is 0. The maximum Gasteiger partial charge on any atom is 0.326 e. The van der Waals surface area contributed by atoms with Crippen molar-refractivity contribution in [2.45, 2.75) is 18.4 Å². The predicted octanol–water partition coefficient (Wildman–Crippen LogP) is 1.83. The van der Waals surface area contributed by atoms with Gasteiger partial charge in [-0.05, 0) is 18.6 Å². The van der Waals surface area contributed by atoms with Gasteiger partial charge in [0.15, 0.2) is 0 Å². The molecular weight excluding hydrogens is 279 g/mol. The Kier molecular flexibility index (Phi) is 3.36. The van der Waals surface area contributed by atoms with Crippen LogP contribution in [0.3, 0.4) is 0 Å². The van der Waals surface area contributed by atoms with Crippen LogP contribution in [0.5, 0.6) is 0 Å². The molecule has 0 saturated heterocycles. The number of aliphatic carboxylic acids is 1. The van der Waals surface area contributed by atoms with Crippen LogP contribution in [-0.2, 0) is 9.59 Å². The van der Waals surface area contributed by atoms with Crippen molar-refractivity contribution in [2.24, 2.45) is 5.73 Å². The summed E-state index contributed by atoms with van der Waals surface area (Å²) in [6.07, 6.45) is 0.0685. The van der Waals surface area contributed by atoms with E-state index in [0.29, 0.717) is 21.3 Å². The van der Waals surface area contributed by atoms with Crippen molar-refractivity contribution in [1.82, 2.24) is 0 Å². The molecule has 1 aliphatic rings. The molecule has 1 aliphatic heterocycles. The molecule has 18 heavy (non-hydrogen) atoms. The number of carboxylic acid groups (broad SMARTS) is 1. The Morgan fingerprint density at radius 1 is 1.39 bits per heavy atom. The number of rotatable bonds is 2. The van der Waals surface area contributed by atoms with Crippen LogP contribution in [-0.4, -0.2) is 23.0 Å². The molecule has 0 bridgehead atoms. The molecule has 0 radical (unpaired) electrons. The third-order valence-electron chi connectivity index (χ3n) is 2.89. The summed E-state index contributed by atoms with van der Waals surface area (Å²) in [7, 11) is 0. The van der Waals surface area contributed by atoms with Crippen molar-refractivity contribution >= 4 is 40.8 Å². The molecule has 1 aromatic carbocycles. The molecule has 7 heteroatoms. The van der Waals surface area contributed by atoms with Crippen LogP contribution in [0, 0.1) is 0 Å². The van der Waals surface area contributed by atoms with Gasteiger partial charge in [-0.25, -0.2) is 4.79 Å². The van der Waals surface area contributed by atoms with E-state index in [0.717, 1.165) is 0 Å². The summed E-state index contributed by atoms with van der Waals surface area (Å²) in [4.78, 5) is 22.5. The van der Waals surface area contributed by atoms with Gasteiger partial charge in [0.05, 0.1) is 5.92 Å². The van der Waals surface area contributed by atoms with Crippen LogP contribution in [0.15, 0.2) is 12.1 Å². The van der Waals surface area contributed by atoms with E-state index in [-0.39, 0.29) is 6.42 Å². The third kappa shape index (κ3) is 2.23. The number of amides is 1. The Hall–Kier alpha value is -1.46. The molecule has 0 aliphatic carbocycles. The van der Waals surface area contributed by atoms with Crippen molar-refractivity contribution in [3.05, 3.63) is 27.7 Å². The van der Waals surface area contributed by atoms with E-state index in [1.165, 1.54) is 12.1 Å². The van der Waals surface area contributed by atoms with Crippen LogP contribution < -0.4 is 11.1 Å². The second-order valence-electron chi connectivity index (χ2n) is 4.07. The van der Waals surface area contributed by atoms with Gasteiger partial charge in [-0.15, -0.1) is 0 Å². The number of carbonyl (C=O) groups excluding carboxylic acids is 1. The lowest BCUT2D eigenvalue weighted by molar-refractivity contribution is -0.138. The number of carboxylic acids is 1. The highest BCUT2D eigenvalue weighted by molar-refractivity contribution is 6.36. The van der Waals surface area contributed by atoms with Crippen molar-refractivity contribution in [1.29, 1.82) is 0 Å². The molecule has 1 amide bonds. The molecular formula is C11H10Cl2N2O3. The van der Waals surface area contributed by atoms with Crippen molar-refractivity contribution in [2.75, 3.05) is 5.32 Å². The lowest BCUT2D eigenvalue weighted by Crippen LogP contribution is -2.39. The number of halogens is 2. The normalized spacial score (nSPS) is 21.9. The molecule has 96 valence electrons. The zero-order valence-corrected chi connectivity index (χ0v) is 10.6. The summed E-state index contributed by atoms with van der Waals surface area (Å²) >= 11 is 11.9. The highest BCUT2D eigenvalue weighted by Crippen LogP contribution is 2.40. The van der Waals surface area contributed by atoms with E-state index in [9.17, 15) is 9.59 Å². The van der Waals surface area contributed by atoms with E-state index in [2.05, 4.69) is 5.32 Å². The molecule has 2 unspecified atom stereocenters. The van der Waals surface area contributed by atoms with E-state index in [4.69, 9.17) is 34.0 Å². The molecule has 0 spiro atoms. The minimum Gasteiger partial charge on any atom is -0.480 e. The average molecular weight is 289 g/mol. The lowest BCUT2D eigenvalue weighted by atomic mass is 9.86. The SMILES string of the molecule is NC(=O)C1CC(C(=O)O)Nc2cc(Cl)cc(Cl)c21. The first-order valence-corrected chi connectivity index (χ1v) is 5.93. The number of nitrogens with one attached hydrogen (secondary N) is 1. The number of primary amides is 1. The monoisotopic (exact) mass is 288 g/mol. The van der Waals surface area contributed by atoms with Crippen molar-refractivity contribution in [3.63, 3.8) is 0 Å². The first kappa shape index (κ1) is 13.0. The van der Waals surface area contributed by atoms with Gasteiger partial charge in [-0.3, -0.25) is 4.79 Å². The summed E-state index contributed by atoms with van der Waals surface area (Å²) in [5, 5.41) is 12.5. The van der Waals surface area contributed by atoms with Crippen LogP contribution in [0.25, 0.3) is 0 Å². The largest absolute Gasteiger partial charge is 0.480 e. The molecule has 2 rings (SSSR count). The molecule has 0 aromatic heterocycles. The highest BCUT2D eigenvalue weighted by Gasteiger charge is 2.35. The Labute approximate surface area is 113 Å². The van der Waals surface area contributed by atoms with Gasteiger partial charge in [0.1, 0.15) is 6.04 Å². The molecule has 2 atom stereocenters. The van der Waals surface area contributed by atoms with Gasteiger partial charge in [-0.1, -0.05) is 23.2 Å². The van der Waals surface area contributed by atoms with E-state index in [1.807, 2.05) is 0 Å². The molecule has 4 N–H and O–H groups in total. The quantitative estimate of drug-likeness (QED) is 0.774. The lowest BCUT2D eigenvalue weighted by Gasteiger charge is -2.30. The zero-order valence-electron chi connectivity index (χ0n) is 9.11. The van der Waals surface area contributed by atoms with Crippen LogP contribution in [0.2, 0.25) is 10.0 Å². The summed E-state index contributed by atoms with van der Waals surface area (Å²) in [5.41, 5.74) is 6.25. The Bertz CT molecular complexity index is 533. The van der Waals surface area contributed by atoms with Gasteiger partial charge in [0.25, 0.3) is 0 Å². The number of hydrogen-bond donors (Lipinski definition) is 3. The average Bonchev–Trinajstić information content (AvgIpc) is 2.26. The fourth-order valence-electron chi connectivity index (χ4n) is 2.08. The Morgan fingerprint density at radius 3 is 2.61 bits per heavy atom. The van der Waals surface area contributed by atoms with Gasteiger partial charge < -0.3 is 16.2 Å². The van der Waals surface area contributed by atoms with Crippen LogP contribution in [0.4, 0.5) is 5.69 Å². The smallest absolute Gasteiger partial charge is 0.326 e. The fraction of sp³-hybridized carbons (Fsp3) is 0.273. The molecule has 1 aromatic rings. The standard InChI is InChI=1S/C11H10Cl2N2O3/c12-4-1-6(13)9-5(10(14)16)3-8(11(17)18)15-7(9)2-4/h1-2,5,8,15H,3H2,(H2,14,16)(H,17,18). The zero-order chi connectivity index (χ0) is 13.4. The van der Waals surface area contributed by atoms with Gasteiger partial charge >= 0.3 is 5.97 Å². The summed E-state index contributed by atoms with van der Waals surface area (Å²) in [6, 6.07) is 2.15. The molecule has 5 nitrogen and oxygen atoms in total. The second kappa shape index (κ2) is 4.66. The van der Waals surface area contributed by atoms with Gasteiger partial charge in [0, 0.05) is 21.3 Å². The second-order valence-corrected chi connectivity index (χ2v) is 4.92. The Morgan fingerprint density at radius 2 is 2.06 bits per heavy atom. The first-order chi connectivity index (χ1) is 8.40.